The van der Waals surface area contributed by atoms with Crippen LogP contribution in [0.4, 0.5) is 5.69 Å². The number of ketones is 1. The zero-order chi connectivity index (χ0) is 24.7. The van der Waals surface area contributed by atoms with Crippen LogP contribution in [0.25, 0.3) is 5.76 Å². The molecule has 4 nitrogen and oxygen atoms in total. The summed E-state index contributed by atoms with van der Waals surface area (Å²) >= 11 is 6.48. The molecule has 5 heteroatoms. The Bertz CT molecular complexity index is 1390. The van der Waals surface area contributed by atoms with Gasteiger partial charge in [-0.25, -0.2) is 0 Å². The molecule has 5 rings (SSSR count). The van der Waals surface area contributed by atoms with E-state index in [0.717, 1.165) is 28.8 Å². The summed E-state index contributed by atoms with van der Waals surface area (Å²) in [5, 5.41) is 21.6. The first kappa shape index (κ1) is 23.1. The van der Waals surface area contributed by atoms with Crippen molar-refractivity contribution >= 4 is 34.7 Å². The van der Waals surface area contributed by atoms with E-state index in [2.05, 4.69) is 0 Å². The molecule has 0 saturated heterocycles. The third kappa shape index (κ3) is 4.08. The van der Waals surface area contributed by atoms with Crippen LogP contribution in [-0.4, -0.2) is 16.7 Å². The fourth-order valence-electron chi connectivity index (χ4n) is 5.04. The van der Waals surface area contributed by atoms with Gasteiger partial charge in [-0.3, -0.25) is 15.1 Å². The molecule has 0 radical (unpaired) electrons. The van der Waals surface area contributed by atoms with E-state index in [-0.39, 0.29) is 17.4 Å². The van der Waals surface area contributed by atoms with Gasteiger partial charge in [0.25, 0.3) is 0 Å². The van der Waals surface area contributed by atoms with Gasteiger partial charge in [-0.2, -0.15) is 0 Å². The monoisotopic (exact) mass is 482 g/mol. The molecular weight excluding hydrogens is 456 g/mol. The van der Waals surface area contributed by atoms with E-state index in [9.17, 15) is 15.3 Å². The number of carbonyl (C=O) groups is 1. The number of allylic oxidation sites excluding steroid dienone is 2. The molecule has 0 aromatic heterocycles. The average molecular weight is 483 g/mol. The number of amidine groups is 1. The summed E-state index contributed by atoms with van der Waals surface area (Å²) in [5.74, 6) is -0.297. The Hall–Kier alpha value is -3.63. The van der Waals surface area contributed by atoms with Gasteiger partial charge >= 0.3 is 0 Å². The van der Waals surface area contributed by atoms with E-state index in [0.29, 0.717) is 40.3 Å². The lowest BCUT2D eigenvalue weighted by molar-refractivity contribution is -0.116. The second-order valence-corrected chi connectivity index (χ2v) is 9.63. The lowest BCUT2D eigenvalue weighted by Crippen LogP contribution is -2.42. The van der Waals surface area contributed by atoms with Crippen LogP contribution in [0.2, 0.25) is 5.02 Å². The van der Waals surface area contributed by atoms with E-state index < -0.39 is 5.92 Å². The van der Waals surface area contributed by atoms with Crippen molar-refractivity contribution in [2.45, 2.75) is 39.0 Å². The molecule has 0 fully saturated rings. The molecule has 0 bridgehead atoms. The highest BCUT2D eigenvalue weighted by molar-refractivity contribution is 6.32. The number of aryl methyl sites for hydroxylation is 2. The molecule has 176 valence electrons. The van der Waals surface area contributed by atoms with E-state index in [1.807, 2.05) is 86.6 Å². The summed E-state index contributed by atoms with van der Waals surface area (Å²) in [7, 11) is 0. The number of nitrogens with one attached hydrogen (secondary N) is 1. The van der Waals surface area contributed by atoms with Crippen LogP contribution in [-0.2, 0) is 4.79 Å². The molecule has 3 aromatic rings. The Morgan fingerprint density at radius 3 is 2.40 bits per heavy atom. The fourth-order valence-corrected chi connectivity index (χ4v) is 5.22. The van der Waals surface area contributed by atoms with Gasteiger partial charge in [0.1, 0.15) is 11.6 Å². The number of rotatable bonds is 3. The van der Waals surface area contributed by atoms with Crippen LogP contribution in [0, 0.1) is 19.3 Å². The number of anilines is 1. The molecule has 2 aliphatic rings. The zero-order valence-electron chi connectivity index (χ0n) is 19.8. The summed E-state index contributed by atoms with van der Waals surface area (Å²) in [5.41, 5.74) is 6.16. The summed E-state index contributed by atoms with van der Waals surface area (Å²) in [4.78, 5) is 15.3. The third-order valence-electron chi connectivity index (χ3n) is 6.88. The number of aliphatic hydroxyl groups is 1. The van der Waals surface area contributed by atoms with Gasteiger partial charge in [0.15, 0.2) is 5.78 Å². The maximum atomic E-state index is 13.5. The van der Waals surface area contributed by atoms with Crippen molar-refractivity contribution < 1.29 is 9.90 Å². The molecule has 35 heavy (non-hydrogen) atoms. The largest absolute Gasteiger partial charge is 0.507 e. The molecule has 3 aromatic carbocycles. The first-order valence-corrected chi connectivity index (χ1v) is 12.2. The van der Waals surface area contributed by atoms with Crippen molar-refractivity contribution in [1.82, 2.24) is 0 Å². The quantitative estimate of drug-likeness (QED) is 0.379. The van der Waals surface area contributed by atoms with E-state index >= 15 is 0 Å². The van der Waals surface area contributed by atoms with Gasteiger partial charge in [-0.15, -0.1) is 0 Å². The highest BCUT2D eigenvalue weighted by Crippen LogP contribution is 2.48. The normalized spacial score (nSPS) is 19.6. The Balaban J connectivity index is 1.83. The first-order valence-electron chi connectivity index (χ1n) is 11.8. The van der Waals surface area contributed by atoms with Crippen LogP contribution in [0.3, 0.4) is 0 Å². The molecule has 2 N–H and O–H groups in total. The smallest absolute Gasteiger partial charge is 0.161 e. The Labute approximate surface area is 210 Å². The molecule has 0 amide bonds. The zero-order valence-corrected chi connectivity index (χ0v) is 20.6. The van der Waals surface area contributed by atoms with Crippen molar-refractivity contribution in [3.63, 3.8) is 0 Å². The van der Waals surface area contributed by atoms with Gasteiger partial charge in [0.2, 0.25) is 0 Å². The third-order valence-corrected chi connectivity index (χ3v) is 7.29. The minimum absolute atomic E-state index is 0.00862. The molecular formula is C30H27ClN2O2. The first-order chi connectivity index (χ1) is 16.9. The fraction of sp³-hybridized carbons (Fsp3) is 0.200. The Morgan fingerprint density at radius 2 is 1.71 bits per heavy atom. The average Bonchev–Trinajstić information content (AvgIpc) is 2.86. The predicted octanol–water partition coefficient (Wildman–Crippen LogP) is 7.51. The summed E-state index contributed by atoms with van der Waals surface area (Å²) < 4.78 is 0. The topological polar surface area (TPSA) is 64.4 Å². The number of halogens is 1. The molecule has 1 aliphatic carbocycles. The number of hydrogen-bond acceptors (Lipinski definition) is 3. The summed E-state index contributed by atoms with van der Waals surface area (Å²) in [6, 6.07) is 22.9. The van der Waals surface area contributed by atoms with E-state index in [1.165, 1.54) is 0 Å². The molecule has 1 unspecified atom stereocenters. The number of Topliss-reactive ketones (excluding diaryl/α,β-unsaturated/α-hetero) is 1. The lowest BCUT2D eigenvalue weighted by Gasteiger charge is -2.42. The van der Waals surface area contributed by atoms with Gasteiger partial charge < -0.3 is 5.11 Å². The second-order valence-electron chi connectivity index (χ2n) is 9.23. The lowest BCUT2D eigenvalue weighted by atomic mass is 9.73. The summed E-state index contributed by atoms with van der Waals surface area (Å²) in [6.45, 7) is 3.95. The van der Waals surface area contributed by atoms with Gasteiger partial charge in [-0.1, -0.05) is 77.8 Å². The minimum Gasteiger partial charge on any atom is -0.507 e. The SMILES string of the molecule is Cc1ccc(C2C(=C(O)c3ccccc3)C(=N)N(c3ccc(C)c(Cl)c3)C3=C2C(=O)CCC3)cc1. The molecule has 0 spiro atoms. The molecule has 1 aliphatic heterocycles. The maximum Gasteiger partial charge on any atom is 0.161 e. The van der Waals surface area contributed by atoms with Crippen molar-refractivity contribution in [3.8, 4) is 0 Å². The van der Waals surface area contributed by atoms with E-state index in [4.69, 9.17) is 11.6 Å². The number of carbonyl (C=O) groups excluding carboxylic acids is 1. The Kier molecular flexibility index (Phi) is 6.08. The van der Waals surface area contributed by atoms with Crippen LogP contribution in [0.5, 0.6) is 0 Å². The van der Waals surface area contributed by atoms with Crippen molar-refractivity contribution in [2.75, 3.05) is 4.90 Å². The molecule has 0 saturated carbocycles. The van der Waals surface area contributed by atoms with Crippen LogP contribution < -0.4 is 4.90 Å². The molecule has 1 atom stereocenters. The highest BCUT2D eigenvalue weighted by Gasteiger charge is 2.43. The predicted molar refractivity (Wildman–Crippen MR) is 142 cm³/mol. The van der Waals surface area contributed by atoms with Gasteiger partial charge in [-0.05, 0) is 49.9 Å². The van der Waals surface area contributed by atoms with Crippen LogP contribution in [0.15, 0.2) is 89.6 Å². The van der Waals surface area contributed by atoms with Crippen LogP contribution in [0.1, 0.15) is 47.4 Å². The molecule has 1 heterocycles. The number of benzene rings is 3. The maximum absolute atomic E-state index is 13.5. The van der Waals surface area contributed by atoms with Crippen molar-refractivity contribution in [3.05, 3.63) is 117 Å². The highest BCUT2D eigenvalue weighted by atomic mass is 35.5. The van der Waals surface area contributed by atoms with Gasteiger partial charge in [0, 0.05) is 45.5 Å². The van der Waals surface area contributed by atoms with Crippen molar-refractivity contribution in [1.29, 1.82) is 5.41 Å². The number of hydrogen-bond donors (Lipinski definition) is 2. The number of nitrogens with zero attached hydrogens (tertiary/aromatic N) is 1. The van der Waals surface area contributed by atoms with E-state index in [1.54, 1.807) is 4.90 Å². The summed E-state index contributed by atoms with van der Waals surface area (Å²) in [6.07, 6.45) is 1.86. The number of aliphatic hydroxyl groups excluding tert-OH is 1. The standard InChI is InChI=1S/C30H27ClN2O2/c1-18-11-14-20(15-12-18)26-27-24(9-6-10-25(27)34)33(22-16-13-19(2)23(31)17-22)30(32)28(26)29(35)21-7-4-3-5-8-21/h3-5,7-8,11-17,26,32,35H,6,9-10H2,1-2H3. The Morgan fingerprint density at radius 1 is 1.00 bits per heavy atom. The van der Waals surface area contributed by atoms with Crippen molar-refractivity contribution in [2.24, 2.45) is 0 Å². The van der Waals surface area contributed by atoms with Crippen LogP contribution >= 0.6 is 11.6 Å². The second kappa shape index (κ2) is 9.20. The minimum atomic E-state index is -0.525. The van der Waals surface area contributed by atoms with Gasteiger partial charge in [0.05, 0.1) is 0 Å².